The summed E-state index contributed by atoms with van der Waals surface area (Å²) in [5.41, 5.74) is 9.38. The number of aryl methyl sites for hydroxylation is 1. The molecule has 0 saturated heterocycles. The number of thiocarbonyl (C=S) groups is 1. The number of thiazole rings is 1. The van der Waals surface area contributed by atoms with E-state index < -0.39 is 4.92 Å². The van der Waals surface area contributed by atoms with Crippen LogP contribution < -0.4 is 11.2 Å². The van der Waals surface area contributed by atoms with Gasteiger partial charge in [0.1, 0.15) is 15.7 Å². The lowest BCUT2D eigenvalue weighted by molar-refractivity contribution is -0.402. The summed E-state index contributed by atoms with van der Waals surface area (Å²) < 4.78 is 5.05. The Morgan fingerprint density at radius 3 is 2.91 bits per heavy atom. The maximum absolute atomic E-state index is 10.6. The molecule has 0 aromatic carbocycles. The Kier molecular flexibility index (Phi) is 5.19. The largest absolute Gasteiger partial charge is 0.433 e. The van der Waals surface area contributed by atoms with Crippen molar-refractivity contribution in [3.8, 4) is 0 Å². The Labute approximate surface area is 140 Å². The van der Waals surface area contributed by atoms with E-state index in [2.05, 4.69) is 15.5 Å². The van der Waals surface area contributed by atoms with E-state index in [1.807, 2.05) is 13.8 Å². The molecule has 2 rings (SSSR count). The Morgan fingerprint density at radius 1 is 1.57 bits per heavy atom. The van der Waals surface area contributed by atoms with E-state index >= 15 is 0 Å². The van der Waals surface area contributed by atoms with Crippen LogP contribution in [-0.4, -0.2) is 20.7 Å². The molecule has 2 aromatic rings. The second kappa shape index (κ2) is 7.11. The summed E-state index contributed by atoms with van der Waals surface area (Å²) in [5, 5.41) is 15.4. The third kappa shape index (κ3) is 4.44. The third-order valence-corrected chi connectivity index (χ3v) is 3.98. The highest BCUT2D eigenvalue weighted by molar-refractivity contribution is 7.80. The summed E-state index contributed by atoms with van der Waals surface area (Å²) in [5.74, 6) is 0.0825. The van der Waals surface area contributed by atoms with Crippen LogP contribution >= 0.6 is 23.6 Å². The molecule has 3 N–H and O–H groups in total. The van der Waals surface area contributed by atoms with Gasteiger partial charge in [-0.1, -0.05) is 0 Å². The molecule has 0 fully saturated rings. The molecule has 0 amide bonds. The summed E-state index contributed by atoms with van der Waals surface area (Å²) in [6, 6.07) is 2.82. The first-order valence-electron chi connectivity index (χ1n) is 6.36. The molecule has 8 nitrogen and oxygen atoms in total. The van der Waals surface area contributed by atoms with Crippen molar-refractivity contribution in [1.29, 1.82) is 0 Å². The fraction of sp³-hybridized carbons (Fsp3) is 0.154. The molecule has 0 saturated carbocycles. The summed E-state index contributed by atoms with van der Waals surface area (Å²) in [4.78, 5) is 15.3. The highest BCUT2D eigenvalue weighted by Gasteiger charge is 2.11. The van der Waals surface area contributed by atoms with Crippen LogP contribution in [0.4, 0.5) is 5.88 Å². The zero-order valence-electron chi connectivity index (χ0n) is 12.3. The average molecular weight is 351 g/mol. The van der Waals surface area contributed by atoms with Crippen molar-refractivity contribution in [1.82, 2.24) is 10.4 Å². The first-order valence-corrected chi connectivity index (χ1v) is 7.59. The van der Waals surface area contributed by atoms with Crippen molar-refractivity contribution >= 4 is 52.4 Å². The van der Waals surface area contributed by atoms with Gasteiger partial charge in [0.15, 0.2) is 5.11 Å². The monoisotopic (exact) mass is 351 g/mol. The molecule has 0 spiro atoms. The maximum atomic E-state index is 10.6. The van der Waals surface area contributed by atoms with Gasteiger partial charge in [-0.25, -0.2) is 4.98 Å². The molecule has 0 aliphatic rings. The molecule has 120 valence electrons. The zero-order chi connectivity index (χ0) is 17.0. The molecule has 0 aliphatic carbocycles. The van der Waals surface area contributed by atoms with Crippen LogP contribution in [0, 0.1) is 17.0 Å². The second-order valence-electron chi connectivity index (χ2n) is 4.41. The molecule has 2 heterocycles. The summed E-state index contributed by atoms with van der Waals surface area (Å²) in [6.45, 7) is 3.68. The van der Waals surface area contributed by atoms with Crippen LogP contribution in [-0.2, 0) is 0 Å². The lowest BCUT2D eigenvalue weighted by Crippen LogP contribution is -2.25. The minimum Gasteiger partial charge on any atom is -0.401 e. The lowest BCUT2D eigenvalue weighted by atomic mass is 10.3. The van der Waals surface area contributed by atoms with Crippen LogP contribution in [0.25, 0.3) is 12.2 Å². The number of nitrogens with zero attached hydrogens (tertiary/aromatic N) is 3. The molecular weight excluding hydrogens is 338 g/mol. The van der Waals surface area contributed by atoms with Crippen molar-refractivity contribution in [2.24, 2.45) is 10.8 Å². The van der Waals surface area contributed by atoms with Gasteiger partial charge in [0.2, 0.25) is 0 Å². The van der Waals surface area contributed by atoms with Crippen LogP contribution in [0.3, 0.4) is 0 Å². The van der Waals surface area contributed by atoms with Gasteiger partial charge in [0, 0.05) is 0 Å². The van der Waals surface area contributed by atoms with Crippen LogP contribution in [0.15, 0.2) is 21.7 Å². The summed E-state index contributed by atoms with van der Waals surface area (Å²) in [6.07, 6.45) is 3.34. The fourth-order valence-corrected chi connectivity index (χ4v) is 2.66. The zero-order valence-corrected chi connectivity index (χ0v) is 13.9. The van der Waals surface area contributed by atoms with Gasteiger partial charge in [0.05, 0.1) is 22.3 Å². The molecule has 0 atom stereocenters. The van der Waals surface area contributed by atoms with Gasteiger partial charge < -0.3 is 10.2 Å². The standard InChI is InChI=1S/C13H13N5O3S2/c1-7-12(8(2)16-17-13(14)22)23-10(15-7)5-3-9-4-6-11(21-9)18(19)20/h3-6H,1-2H3,(H3,14,17,22)/b5-3+,16-8-. The Bertz CT molecular complexity index is 806. The molecular formula is C13H13N5O3S2. The van der Waals surface area contributed by atoms with Crippen molar-refractivity contribution < 1.29 is 9.34 Å². The van der Waals surface area contributed by atoms with Crippen molar-refractivity contribution in [3.05, 3.63) is 43.6 Å². The predicted octanol–water partition coefficient (Wildman–Crippen LogP) is 2.68. The van der Waals surface area contributed by atoms with Gasteiger partial charge >= 0.3 is 5.88 Å². The Hall–Kier alpha value is -2.59. The van der Waals surface area contributed by atoms with Gasteiger partial charge in [-0.3, -0.25) is 15.5 Å². The number of nitrogens with one attached hydrogen (secondary N) is 1. The topological polar surface area (TPSA) is 120 Å². The van der Waals surface area contributed by atoms with Crippen molar-refractivity contribution in [3.63, 3.8) is 0 Å². The highest BCUT2D eigenvalue weighted by atomic mass is 32.1. The molecule has 0 radical (unpaired) electrons. The molecule has 0 unspecified atom stereocenters. The smallest absolute Gasteiger partial charge is 0.401 e. The Balaban J connectivity index is 2.16. The van der Waals surface area contributed by atoms with E-state index in [9.17, 15) is 10.1 Å². The number of hydrazone groups is 1. The highest BCUT2D eigenvalue weighted by Crippen LogP contribution is 2.22. The number of aromatic nitrogens is 1. The fourth-order valence-electron chi connectivity index (χ4n) is 1.70. The third-order valence-electron chi connectivity index (χ3n) is 2.66. The first kappa shape index (κ1) is 16.8. The van der Waals surface area contributed by atoms with Crippen LogP contribution in [0.1, 0.15) is 28.3 Å². The second-order valence-corrected chi connectivity index (χ2v) is 5.88. The van der Waals surface area contributed by atoms with Gasteiger partial charge in [-0.15, -0.1) is 11.3 Å². The van der Waals surface area contributed by atoms with E-state index in [0.717, 1.165) is 15.6 Å². The molecule has 0 bridgehead atoms. The van der Waals surface area contributed by atoms with E-state index in [1.54, 1.807) is 12.2 Å². The van der Waals surface area contributed by atoms with Gasteiger partial charge in [-0.2, -0.15) is 5.10 Å². The quantitative estimate of drug-likeness (QED) is 0.368. The molecule has 23 heavy (non-hydrogen) atoms. The molecule has 10 heteroatoms. The molecule has 2 aromatic heterocycles. The van der Waals surface area contributed by atoms with Gasteiger partial charge in [0.25, 0.3) is 0 Å². The van der Waals surface area contributed by atoms with E-state index in [1.165, 1.54) is 23.5 Å². The summed E-state index contributed by atoms with van der Waals surface area (Å²) in [7, 11) is 0. The summed E-state index contributed by atoms with van der Waals surface area (Å²) >= 11 is 6.12. The lowest BCUT2D eigenvalue weighted by Gasteiger charge is -1.98. The number of nitro groups is 1. The first-order chi connectivity index (χ1) is 10.9. The van der Waals surface area contributed by atoms with Gasteiger partial charge in [-0.05, 0) is 44.3 Å². The predicted molar refractivity (Wildman–Crippen MR) is 93.3 cm³/mol. The average Bonchev–Trinajstić information content (AvgIpc) is 3.09. The number of rotatable bonds is 5. The van der Waals surface area contributed by atoms with E-state index in [0.29, 0.717) is 11.5 Å². The minimum absolute atomic E-state index is 0.0889. The minimum atomic E-state index is -0.586. The SMILES string of the molecule is C/C(=N/NC(N)=S)c1sc(/C=C/c2ccc([N+](=O)[O-])o2)nc1C. The van der Waals surface area contributed by atoms with Crippen molar-refractivity contribution in [2.75, 3.05) is 0 Å². The van der Waals surface area contributed by atoms with E-state index in [-0.39, 0.29) is 11.0 Å². The Morgan fingerprint density at radius 2 is 2.30 bits per heavy atom. The number of hydrogen-bond acceptors (Lipinski definition) is 7. The number of hydrogen-bond donors (Lipinski definition) is 2. The van der Waals surface area contributed by atoms with Crippen LogP contribution in [0.5, 0.6) is 0 Å². The number of furan rings is 1. The maximum Gasteiger partial charge on any atom is 0.433 e. The molecule has 0 aliphatic heterocycles. The normalized spacial score (nSPS) is 11.8. The van der Waals surface area contributed by atoms with Crippen LogP contribution in [0.2, 0.25) is 0 Å². The van der Waals surface area contributed by atoms with Crippen molar-refractivity contribution in [2.45, 2.75) is 13.8 Å². The van der Waals surface area contributed by atoms with E-state index in [4.69, 9.17) is 22.4 Å². The number of nitrogens with two attached hydrogens (primary N) is 1.